The SMILES string of the molecule is C/C=C\C1=C(C(=O)OC(C)OC(=O)OCC)N2C(=O)C(NC(=O)/C(=N/O)c3csc(N)n3)[C@H]2SC1. The van der Waals surface area contributed by atoms with Crippen molar-refractivity contribution in [1.29, 1.82) is 0 Å². The number of carbonyl (C=O) groups is 4. The molecule has 2 unspecified atom stereocenters. The number of thiazole rings is 1. The summed E-state index contributed by atoms with van der Waals surface area (Å²) in [6, 6.07) is -0.997. The van der Waals surface area contributed by atoms with Crippen LogP contribution in [-0.4, -0.2) is 74.8 Å². The van der Waals surface area contributed by atoms with Crippen molar-refractivity contribution in [1.82, 2.24) is 15.2 Å². The number of fused-ring (bicyclic) bond motifs is 1. The second-order valence-electron chi connectivity index (χ2n) is 7.03. The number of anilines is 1. The van der Waals surface area contributed by atoms with E-state index in [1.807, 2.05) is 0 Å². The summed E-state index contributed by atoms with van der Waals surface area (Å²) in [7, 11) is 0. The first-order valence-corrected chi connectivity index (χ1v) is 12.2. The molecule has 3 rings (SSSR count). The molecule has 1 aromatic rings. The van der Waals surface area contributed by atoms with E-state index in [4.69, 9.17) is 15.2 Å². The molecule has 0 bridgehead atoms. The van der Waals surface area contributed by atoms with E-state index >= 15 is 0 Å². The van der Waals surface area contributed by atoms with Crippen LogP contribution >= 0.6 is 23.1 Å². The zero-order valence-electron chi connectivity index (χ0n) is 18.9. The molecule has 0 spiro atoms. The van der Waals surface area contributed by atoms with E-state index in [0.29, 0.717) is 11.3 Å². The summed E-state index contributed by atoms with van der Waals surface area (Å²) >= 11 is 2.38. The molecule has 0 aromatic carbocycles. The molecule has 4 N–H and O–H groups in total. The molecule has 2 amide bonds. The van der Waals surface area contributed by atoms with Crippen LogP contribution in [0.3, 0.4) is 0 Å². The van der Waals surface area contributed by atoms with E-state index in [9.17, 15) is 24.4 Å². The van der Waals surface area contributed by atoms with Gasteiger partial charge in [0.1, 0.15) is 22.8 Å². The highest BCUT2D eigenvalue weighted by molar-refractivity contribution is 8.00. The number of nitrogens with one attached hydrogen (secondary N) is 1. The van der Waals surface area contributed by atoms with Gasteiger partial charge in [-0.2, -0.15) is 0 Å². The number of nitrogen functional groups attached to an aromatic ring is 1. The van der Waals surface area contributed by atoms with Crippen molar-refractivity contribution < 1.29 is 38.6 Å². The first kappa shape index (κ1) is 26.0. The van der Waals surface area contributed by atoms with E-state index in [1.54, 1.807) is 26.0 Å². The highest BCUT2D eigenvalue weighted by atomic mass is 32.2. The number of allylic oxidation sites excluding steroid dienone is 2. The summed E-state index contributed by atoms with van der Waals surface area (Å²) in [4.78, 5) is 55.2. The summed E-state index contributed by atoms with van der Waals surface area (Å²) < 4.78 is 14.7. The third-order valence-corrected chi connectivity index (χ3v) is 6.70. The third kappa shape index (κ3) is 5.57. The van der Waals surface area contributed by atoms with Gasteiger partial charge in [0.25, 0.3) is 11.8 Å². The van der Waals surface area contributed by atoms with Crippen LogP contribution in [0.15, 0.2) is 34.0 Å². The number of β-lactam (4-membered cyclic amide) rings is 1. The molecule has 0 aliphatic carbocycles. The van der Waals surface area contributed by atoms with Gasteiger partial charge in [-0.3, -0.25) is 14.5 Å². The van der Waals surface area contributed by atoms with Crippen LogP contribution in [0.25, 0.3) is 0 Å². The van der Waals surface area contributed by atoms with Crippen molar-refractivity contribution in [3.63, 3.8) is 0 Å². The smallest absolute Gasteiger partial charge is 0.435 e. The van der Waals surface area contributed by atoms with Crippen molar-refractivity contribution >= 4 is 57.9 Å². The predicted octanol–water partition coefficient (Wildman–Crippen LogP) is 1.20. The lowest BCUT2D eigenvalue weighted by atomic mass is 10.0. The Balaban J connectivity index is 1.75. The van der Waals surface area contributed by atoms with Crippen LogP contribution in [0.2, 0.25) is 0 Å². The van der Waals surface area contributed by atoms with Gasteiger partial charge in [-0.25, -0.2) is 14.6 Å². The standard InChI is InChI=1S/C20H23N5O8S2/c1-4-6-10-7-34-17-13(23-15(26)12(24-30)11-8-35-19(21)22-11)16(27)25(17)14(10)18(28)32-9(3)33-20(29)31-5-2/h4,6,8-9,13,17,30H,5,7H2,1-3H3,(H2,21,22)(H,23,26)/b6-4-,24-12+/t9?,13?,17-/m1/s1. The number of nitrogens with zero attached hydrogens (tertiary/aromatic N) is 3. The number of thioether (sulfide) groups is 1. The third-order valence-electron chi connectivity index (χ3n) is 4.72. The Hall–Kier alpha value is -3.59. The first-order chi connectivity index (χ1) is 16.7. The number of hydrogen-bond acceptors (Lipinski definition) is 13. The van der Waals surface area contributed by atoms with E-state index in [0.717, 1.165) is 11.3 Å². The lowest BCUT2D eigenvalue weighted by Gasteiger charge is -2.49. The number of oxime groups is 1. The minimum Gasteiger partial charge on any atom is -0.435 e. The Bertz CT molecular complexity index is 1110. The second kappa shape index (κ2) is 11.2. The minimum atomic E-state index is -1.27. The highest BCUT2D eigenvalue weighted by Gasteiger charge is 2.54. The number of hydrogen-bond donors (Lipinski definition) is 3. The number of esters is 1. The van der Waals surface area contributed by atoms with Gasteiger partial charge in [0.15, 0.2) is 10.8 Å². The average molecular weight is 526 g/mol. The predicted molar refractivity (Wildman–Crippen MR) is 125 cm³/mol. The van der Waals surface area contributed by atoms with Crippen LogP contribution in [0, 0.1) is 0 Å². The molecule has 1 saturated heterocycles. The van der Waals surface area contributed by atoms with Crippen molar-refractivity contribution in [2.75, 3.05) is 18.1 Å². The molecule has 3 atom stereocenters. The number of ether oxygens (including phenoxy) is 3. The Morgan fingerprint density at radius 1 is 1.43 bits per heavy atom. The Labute approximate surface area is 208 Å². The summed E-state index contributed by atoms with van der Waals surface area (Å²) in [5.74, 6) is -1.95. The Kier molecular flexibility index (Phi) is 8.34. The molecule has 0 radical (unpaired) electrons. The average Bonchev–Trinajstić information content (AvgIpc) is 3.23. The minimum absolute atomic E-state index is 0.0232. The largest absolute Gasteiger partial charge is 0.511 e. The van der Waals surface area contributed by atoms with Crippen LogP contribution in [0.1, 0.15) is 26.5 Å². The topological polar surface area (TPSA) is 183 Å². The van der Waals surface area contributed by atoms with Gasteiger partial charge in [-0.05, 0) is 19.4 Å². The van der Waals surface area contributed by atoms with Gasteiger partial charge in [0.05, 0.1) is 6.61 Å². The number of rotatable bonds is 8. The molecule has 1 fully saturated rings. The van der Waals surface area contributed by atoms with Crippen LogP contribution < -0.4 is 11.1 Å². The molecule has 13 nitrogen and oxygen atoms in total. The number of nitrogens with two attached hydrogens (primary N) is 1. The quantitative estimate of drug-likeness (QED) is 0.111. The maximum atomic E-state index is 13.0. The van der Waals surface area contributed by atoms with Gasteiger partial charge in [0.2, 0.25) is 6.29 Å². The molecular formula is C20H23N5O8S2. The summed E-state index contributed by atoms with van der Waals surface area (Å²) in [5.41, 5.74) is 5.72. The van der Waals surface area contributed by atoms with Gasteiger partial charge >= 0.3 is 12.1 Å². The van der Waals surface area contributed by atoms with E-state index in [1.165, 1.54) is 29.0 Å². The van der Waals surface area contributed by atoms with Gasteiger partial charge in [-0.1, -0.05) is 17.3 Å². The molecule has 35 heavy (non-hydrogen) atoms. The highest BCUT2D eigenvalue weighted by Crippen LogP contribution is 2.41. The van der Waals surface area contributed by atoms with Crippen LogP contribution in [0.5, 0.6) is 0 Å². The normalized spacial score (nSPS) is 20.7. The Morgan fingerprint density at radius 2 is 2.17 bits per heavy atom. The lowest BCUT2D eigenvalue weighted by Crippen LogP contribution is -2.71. The fourth-order valence-electron chi connectivity index (χ4n) is 3.30. The molecular weight excluding hydrogens is 502 g/mol. The monoisotopic (exact) mass is 525 g/mol. The summed E-state index contributed by atoms with van der Waals surface area (Å²) in [6.45, 7) is 4.77. The molecule has 1 aromatic heterocycles. The maximum Gasteiger partial charge on any atom is 0.511 e. The van der Waals surface area contributed by atoms with Crippen molar-refractivity contribution in [3.05, 3.63) is 34.5 Å². The fourth-order valence-corrected chi connectivity index (χ4v) is 5.16. The molecule has 2 aliphatic heterocycles. The van der Waals surface area contributed by atoms with Crippen LogP contribution in [0.4, 0.5) is 9.93 Å². The number of amides is 2. The second-order valence-corrected chi connectivity index (χ2v) is 9.02. The van der Waals surface area contributed by atoms with Gasteiger partial charge < -0.3 is 30.5 Å². The van der Waals surface area contributed by atoms with E-state index in [-0.39, 0.29) is 23.1 Å². The van der Waals surface area contributed by atoms with Crippen molar-refractivity contribution in [2.45, 2.75) is 38.5 Å². The zero-order chi connectivity index (χ0) is 25.7. The van der Waals surface area contributed by atoms with Gasteiger partial charge in [-0.15, -0.1) is 23.1 Å². The Morgan fingerprint density at radius 3 is 2.77 bits per heavy atom. The molecule has 2 aliphatic rings. The number of aromatic nitrogens is 1. The number of carbonyl (C=O) groups excluding carboxylic acids is 4. The fraction of sp³-hybridized carbons (Fsp3) is 0.400. The molecule has 15 heteroatoms. The lowest BCUT2D eigenvalue weighted by molar-refractivity contribution is -0.168. The van der Waals surface area contributed by atoms with Crippen molar-refractivity contribution in [3.8, 4) is 0 Å². The van der Waals surface area contributed by atoms with Gasteiger partial charge in [0, 0.05) is 18.1 Å². The van der Waals surface area contributed by atoms with E-state index in [2.05, 4.69) is 20.2 Å². The van der Waals surface area contributed by atoms with Crippen molar-refractivity contribution in [2.24, 2.45) is 5.16 Å². The van der Waals surface area contributed by atoms with E-state index < -0.39 is 47.4 Å². The first-order valence-electron chi connectivity index (χ1n) is 10.3. The summed E-state index contributed by atoms with van der Waals surface area (Å²) in [5, 5.41) is 15.8. The zero-order valence-corrected chi connectivity index (χ0v) is 20.6. The molecule has 188 valence electrons. The van der Waals surface area contributed by atoms with Crippen LogP contribution in [-0.2, 0) is 28.6 Å². The summed E-state index contributed by atoms with van der Waals surface area (Å²) in [6.07, 6.45) is 1.10. The maximum absolute atomic E-state index is 13.0. The molecule has 3 heterocycles. The molecule has 0 saturated carbocycles.